The molecule has 0 bridgehead atoms. The van der Waals surface area contributed by atoms with Gasteiger partial charge in [0.1, 0.15) is 0 Å². The van der Waals surface area contributed by atoms with E-state index in [1.807, 2.05) is 45.0 Å². The molecule has 0 radical (unpaired) electrons. The van der Waals surface area contributed by atoms with Crippen LogP contribution < -0.4 is 5.73 Å². The summed E-state index contributed by atoms with van der Waals surface area (Å²) in [7, 11) is 0. The molecule has 0 aliphatic carbocycles. The molecule has 2 N–H and O–H groups in total. The number of rotatable bonds is 1. The van der Waals surface area contributed by atoms with E-state index < -0.39 is 0 Å². The maximum atomic E-state index is 5.60. The second kappa shape index (κ2) is 6.30. The normalized spacial score (nSPS) is 9.54. The van der Waals surface area contributed by atoms with Gasteiger partial charge in [-0.25, -0.2) is 0 Å². The Hall–Kier alpha value is -1.24. The second-order valence-corrected chi connectivity index (χ2v) is 2.62. The van der Waals surface area contributed by atoms with Crippen LogP contribution >= 0.6 is 0 Å². The fraction of sp³-hybridized carbons (Fsp3) is 0.333. The van der Waals surface area contributed by atoms with Gasteiger partial charge in [-0.3, -0.25) is 0 Å². The van der Waals surface area contributed by atoms with Crippen LogP contribution in [0.25, 0.3) is 6.08 Å². The zero-order valence-electron chi connectivity index (χ0n) is 8.96. The predicted octanol–water partition coefficient (Wildman–Crippen LogP) is 3.64. The first-order chi connectivity index (χ1) is 6.24. The number of aryl methyl sites for hydroxylation is 1. The van der Waals surface area contributed by atoms with Crippen LogP contribution in [0.3, 0.4) is 0 Å². The summed E-state index contributed by atoms with van der Waals surface area (Å²) in [4.78, 5) is 0. The molecule has 0 spiro atoms. The van der Waals surface area contributed by atoms with Crippen molar-refractivity contribution in [3.63, 3.8) is 0 Å². The van der Waals surface area contributed by atoms with Crippen LogP contribution in [-0.2, 0) is 0 Å². The quantitative estimate of drug-likeness (QED) is 0.651. The van der Waals surface area contributed by atoms with Crippen LogP contribution in [0.4, 0.5) is 5.69 Å². The Labute approximate surface area is 81.3 Å². The summed E-state index contributed by atoms with van der Waals surface area (Å²) in [6, 6.07) is 5.93. The zero-order valence-corrected chi connectivity index (χ0v) is 8.96. The molecule has 0 aliphatic heterocycles. The number of allylic oxidation sites excluding steroid dienone is 1. The van der Waals surface area contributed by atoms with Gasteiger partial charge in [0, 0.05) is 5.69 Å². The molecule has 0 saturated heterocycles. The van der Waals surface area contributed by atoms with Gasteiger partial charge in [-0.05, 0) is 37.1 Å². The Balaban J connectivity index is 0.000000671. The first-order valence-corrected chi connectivity index (χ1v) is 4.73. The molecule has 0 aliphatic rings. The fourth-order valence-electron chi connectivity index (χ4n) is 1.07. The Bertz CT molecular complexity index is 274. The fourth-order valence-corrected chi connectivity index (χ4v) is 1.07. The van der Waals surface area contributed by atoms with Gasteiger partial charge >= 0.3 is 0 Å². The van der Waals surface area contributed by atoms with E-state index in [0.29, 0.717) is 0 Å². The molecular formula is C12H19N. The van der Waals surface area contributed by atoms with E-state index in [1.165, 1.54) is 11.1 Å². The minimum absolute atomic E-state index is 0.829. The van der Waals surface area contributed by atoms with Crippen LogP contribution in [0.5, 0.6) is 0 Å². The monoisotopic (exact) mass is 177 g/mol. The molecule has 72 valence electrons. The van der Waals surface area contributed by atoms with Crippen molar-refractivity contribution in [3.05, 3.63) is 35.4 Å². The standard InChI is InChI=1S/C10H13N.C2H6/c1-3-4-9-5-6-10(11)7-8(9)2;1-2/h3-7H,11H2,1-2H3;1-2H3/b4-3-;. The molecular weight excluding hydrogens is 158 g/mol. The van der Waals surface area contributed by atoms with Gasteiger partial charge in [0.2, 0.25) is 0 Å². The molecule has 1 nitrogen and oxygen atoms in total. The molecule has 0 aromatic heterocycles. The summed E-state index contributed by atoms with van der Waals surface area (Å²) in [5, 5.41) is 0. The highest BCUT2D eigenvalue weighted by Gasteiger charge is 1.92. The van der Waals surface area contributed by atoms with Crippen LogP contribution in [-0.4, -0.2) is 0 Å². The number of hydrogen-bond acceptors (Lipinski definition) is 1. The first kappa shape index (κ1) is 11.8. The lowest BCUT2D eigenvalue weighted by Gasteiger charge is -2.00. The molecule has 1 aromatic rings. The van der Waals surface area contributed by atoms with E-state index in [-0.39, 0.29) is 0 Å². The molecule has 1 heteroatoms. The van der Waals surface area contributed by atoms with Crippen LogP contribution in [0.2, 0.25) is 0 Å². The average Bonchev–Trinajstić information content (AvgIpc) is 2.14. The minimum Gasteiger partial charge on any atom is -0.399 e. The molecule has 0 heterocycles. The van der Waals surface area contributed by atoms with E-state index in [4.69, 9.17) is 5.73 Å². The minimum atomic E-state index is 0.829. The summed E-state index contributed by atoms with van der Waals surface area (Å²) in [5.74, 6) is 0. The second-order valence-electron chi connectivity index (χ2n) is 2.62. The molecule has 1 rings (SSSR count). The van der Waals surface area contributed by atoms with Gasteiger partial charge in [0.15, 0.2) is 0 Å². The highest BCUT2D eigenvalue weighted by atomic mass is 14.5. The largest absolute Gasteiger partial charge is 0.399 e. The van der Waals surface area contributed by atoms with Crippen LogP contribution in [0.1, 0.15) is 31.9 Å². The van der Waals surface area contributed by atoms with Gasteiger partial charge in [-0.1, -0.05) is 32.1 Å². The van der Waals surface area contributed by atoms with E-state index in [1.54, 1.807) is 0 Å². The lowest BCUT2D eigenvalue weighted by molar-refractivity contribution is 1.44. The number of hydrogen-bond donors (Lipinski definition) is 1. The molecule has 13 heavy (non-hydrogen) atoms. The van der Waals surface area contributed by atoms with Gasteiger partial charge in [0.25, 0.3) is 0 Å². The topological polar surface area (TPSA) is 26.0 Å². The van der Waals surface area contributed by atoms with Crippen molar-refractivity contribution in [3.8, 4) is 0 Å². The van der Waals surface area contributed by atoms with Crippen LogP contribution in [0.15, 0.2) is 24.3 Å². The lowest BCUT2D eigenvalue weighted by atomic mass is 10.1. The van der Waals surface area contributed by atoms with Crippen molar-refractivity contribution < 1.29 is 0 Å². The zero-order chi connectivity index (χ0) is 10.3. The Kier molecular flexibility index (Phi) is 5.69. The van der Waals surface area contributed by atoms with Crippen molar-refractivity contribution in [2.24, 2.45) is 0 Å². The third-order valence-corrected chi connectivity index (χ3v) is 1.64. The maximum Gasteiger partial charge on any atom is 0.0317 e. The summed E-state index contributed by atoms with van der Waals surface area (Å²) >= 11 is 0. The first-order valence-electron chi connectivity index (χ1n) is 4.73. The summed E-state index contributed by atoms with van der Waals surface area (Å²) < 4.78 is 0. The van der Waals surface area contributed by atoms with E-state index in [9.17, 15) is 0 Å². The van der Waals surface area contributed by atoms with Gasteiger partial charge in [0.05, 0.1) is 0 Å². The number of anilines is 1. The number of benzene rings is 1. The third kappa shape index (κ3) is 3.79. The number of nitrogens with two attached hydrogens (primary N) is 1. The van der Waals surface area contributed by atoms with Crippen molar-refractivity contribution in [1.29, 1.82) is 0 Å². The molecule has 0 atom stereocenters. The van der Waals surface area contributed by atoms with Crippen molar-refractivity contribution in [2.75, 3.05) is 5.73 Å². The smallest absolute Gasteiger partial charge is 0.0317 e. The lowest BCUT2D eigenvalue weighted by Crippen LogP contribution is -1.86. The molecule has 0 fully saturated rings. The summed E-state index contributed by atoms with van der Waals surface area (Å²) in [6.45, 7) is 8.07. The van der Waals surface area contributed by atoms with Gasteiger partial charge in [-0.15, -0.1) is 0 Å². The highest BCUT2D eigenvalue weighted by Crippen LogP contribution is 2.13. The number of nitrogen functional groups attached to an aromatic ring is 1. The van der Waals surface area contributed by atoms with E-state index in [2.05, 4.69) is 13.0 Å². The summed E-state index contributed by atoms with van der Waals surface area (Å²) in [6.07, 6.45) is 4.10. The van der Waals surface area contributed by atoms with Gasteiger partial charge < -0.3 is 5.73 Å². The SMILES string of the molecule is C/C=C\c1ccc(N)cc1C.CC. The van der Waals surface area contributed by atoms with E-state index in [0.717, 1.165) is 5.69 Å². The Morgan fingerprint density at radius 3 is 2.31 bits per heavy atom. The average molecular weight is 177 g/mol. The van der Waals surface area contributed by atoms with Crippen LogP contribution in [0, 0.1) is 6.92 Å². The predicted molar refractivity (Wildman–Crippen MR) is 61.6 cm³/mol. The molecule has 0 amide bonds. The maximum absolute atomic E-state index is 5.60. The third-order valence-electron chi connectivity index (χ3n) is 1.64. The molecule has 0 unspecified atom stereocenters. The summed E-state index contributed by atoms with van der Waals surface area (Å²) in [5.41, 5.74) is 8.89. The highest BCUT2D eigenvalue weighted by molar-refractivity contribution is 5.57. The van der Waals surface area contributed by atoms with Crippen molar-refractivity contribution in [1.82, 2.24) is 0 Å². The Morgan fingerprint density at radius 2 is 1.85 bits per heavy atom. The Morgan fingerprint density at radius 1 is 1.23 bits per heavy atom. The van der Waals surface area contributed by atoms with Gasteiger partial charge in [-0.2, -0.15) is 0 Å². The molecule has 0 saturated carbocycles. The molecule has 1 aromatic carbocycles. The van der Waals surface area contributed by atoms with E-state index >= 15 is 0 Å². The van der Waals surface area contributed by atoms with Crippen molar-refractivity contribution >= 4 is 11.8 Å². The van der Waals surface area contributed by atoms with Crippen molar-refractivity contribution in [2.45, 2.75) is 27.7 Å².